The number of fused-ring (bicyclic) bond motifs is 2. The summed E-state index contributed by atoms with van der Waals surface area (Å²) in [6.45, 7) is 1.76. The Morgan fingerprint density at radius 2 is 1.94 bits per heavy atom. The number of carboxylic acids is 1. The summed E-state index contributed by atoms with van der Waals surface area (Å²) >= 11 is 0. The van der Waals surface area contributed by atoms with Crippen LogP contribution in [0.4, 0.5) is 0 Å². The van der Waals surface area contributed by atoms with Gasteiger partial charge in [0.25, 0.3) is 0 Å². The molecule has 0 aromatic carbocycles. The standard InChI is InChI=1S/C13H19NO4/c1-2-9(6-15)14-12(16)10-7-3-4-8(5-7)11(10)13(17)18/h3-4,7-11,15H,2,5-6H2,1H3,(H,14,16)(H,17,18)/t7?,8?,9-,10?,11?/m0/s1. The third-order valence-corrected chi connectivity index (χ3v) is 4.11. The van der Waals surface area contributed by atoms with Crippen molar-refractivity contribution in [3.05, 3.63) is 12.2 Å². The van der Waals surface area contributed by atoms with Crippen LogP contribution in [-0.2, 0) is 9.59 Å². The van der Waals surface area contributed by atoms with Crippen LogP contribution in [0.2, 0.25) is 0 Å². The van der Waals surface area contributed by atoms with Crippen LogP contribution in [0.5, 0.6) is 0 Å². The molecule has 2 bridgehead atoms. The lowest BCUT2D eigenvalue weighted by atomic mass is 9.82. The lowest BCUT2D eigenvalue weighted by Gasteiger charge is -2.25. The first-order valence-electron chi connectivity index (χ1n) is 6.40. The second kappa shape index (κ2) is 5.10. The number of carbonyl (C=O) groups is 2. The van der Waals surface area contributed by atoms with Crippen LogP contribution in [-0.4, -0.2) is 34.7 Å². The quantitative estimate of drug-likeness (QED) is 0.619. The van der Waals surface area contributed by atoms with Gasteiger partial charge in [-0.15, -0.1) is 0 Å². The molecule has 0 radical (unpaired) electrons. The molecule has 0 aliphatic heterocycles. The average Bonchev–Trinajstić information content (AvgIpc) is 2.95. The SMILES string of the molecule is CC[C@@H](CO)NC(=O)C1C2C=CC(C2)C1C(=O)O. The maximum absolute atomic E-state index is 12.2. The first kappa shape index (κ1) is 13.1. The van der Waals surface area contributed by atoms with E-state index < -0.39 is 17.8 Å². The number of carbonyl (C=O) groups excluding carboxylic acids is 1. The summed E-state index contributed by atoms with van der Waals surface area (Å²) in [6, 6.07) is -0.282. The van der Waals surface area contributed by atoms with Crippen LogP contribution in [0, 0.1) is 23.7 Å². The molecule has 4 unspecified atom stereocenters. The van der Waals surface area contributed by atoms with Crippen molar-refractivity contribution in [2.75, 3.05) is 6.61 Å². The van der Waals surface area contributed by atoms with E-state index in [-0.39, 0.29) is 30.4 Å². The summed E-state index contributed by atoms with van der Waals surface area (Å²) in [5.41, 5.74) is 0. The Morgan fingerprint density at radius 1 is 1.33 bits per heavy atom. The Kier molecular flexibility index (Phi) is 3.71. The van der Waals surface area contributed by atoms with Crippen LogP contribution in [0.3, 0.4) is 0 Å². The fraction of sp³-hybridized carbons (Fsp3) is 0.692. The number of rotatable bonds is 5. The van der Waals surface area contributed by atoms with E-state index in [1.807, 2.05) is 19.1 Å². The van der Waals surface area contributed by atoms with E-state index in [9.17, 15) is 14.7 Å². The number of amides is 1. The van der Waals surface area contributed by atoms with E-state index in [4.69, 9.17) is 5.11 Å². The van der Waals surface area contributed by atoms with Gasteiger partial charge in [0, 0.05) is 0 Å². The summed E-state index contributed by atoms with van der Waals surface area (Å²) in [6.07, 6.45) is 5.26. The van der Waals surface area contributed by atoms with E-state index in [1.54, 1.807) is 0 Å². The Balaban J connectivity index is 2.09. The number of aliphatic hydroxyl groups is 1. The van der Waals surface area contributed by atoms with Gasteiger partial charge in [-0.2, -0.15) is 0 Å². The third-order valence-electron chi connectivity index (χ3n) is 4.11. The van der Waals surface area contributed by atoms with E-state index in [2.05, 4.69) is 5.32 Å². The molecule has 1 saturated carbocycles. The number of hydrogen-bond donors (Lipinski definition) is 3. The summed E-state index contributed by atoms with van der Waals surface area (Å²) in [5.74, 6) is -2.22. The Bertz CT molecular complexity index is 375. The molecule has 0 saturated heterocycles. The Labute approximate surface area is 106 Å². The number of hydrogen-bond acceptors (Lipinski definition) is 3. The number of aliphatic hydroxyl groups excluding tert-OH is 1. The van der Waals surface area contributed by atoms with Crippen molar-refractivity contribution in [2.24, 2.45) is 23.7 Å². The van der Waals surface area contributed by atoms with Gasteiger partial charge in [-0.05, 0) is 24.7 Å². The third kappa shape index (κ3) is 2.14. The van der Waals surface area contributed by atoms with Crippen LogP contribution in [0.15, 0.2) is 12.2 Å². The second-order valence-corrected chi connectivity index (χ2v) is 5.13. The van der Waals surface area contributed by atoms with Gasteiger partial charge in [-0.25, -0.2) is 0 Å². The molecule has 1 amide bonds. The maximum Gasteiger partial charge on any atom is 0.307 e. The van der Waals surface area contributed by atoms with E-state index in [1.165, 1.54) is 0 Å². The molecule has 0 aromatic rings. The molecule has 2 aliphatic carbocycles. The highest BCUT2D eigenvalue weighted by Crippen LogP contribution is 2.48. The first-order valence-corrected chi connectivity index (χ1v) is 6.40. The summed E-state index contributed by atoms with van der Waals surface area (Å²) in [4.78, 5) is 23.4. The molecule has 2 aliphatic rings. The molecular formula is C13H19NO4. The molecule has 5 heteroatoms. The lowest BCUT2D eigenvalue weighted by Crippen LogP contribution is -2.45. The van der Waals surface area contributed by atoms with E-state index >= 15 is 0 Å². The minimum atomic E-state index is -0.899. The molecule has 2 rings (SSSR count). The normalized spacial score (nSPS) is 34.6. The van der Waals surface area contributed by atoms with Crippen molar-refractivity contribution < 1.29 is 19.8 Å². The average molecular weight is 253 g/mol. The first-order chi connectivity index (χ1) is 8.58. The highest BCUT2D eigenvalue weighted by atomic mass is 16.4. The minimum Gasteiger partial charge on any atom is -0.481 e. The van der Waals surface area contributed by atoms with Gasteiger partial charge in [0.15, 0.2) is 0 Å². The molecule has 1 fully saturated rings. The number of carboxylic acid groups (broad SMARTS) is 1. The van der Waals surface area contributed by atoms with Crippen LogP contribution in [0.1, 0.15) is 19.8 Å². The summed E-state index contributed by atoms with van der Waals surface area (Å²) in [7, 11) is 0. The lowest BCUT2D eigenvalue weighted by molar-refractivity contribution is -0.148. The molecule has 0 aromatic heterocycles. The second-order valence-electron chi connectivity index (χ2n) is 5.13. The fourth-order valence-corrected chi connectivity index (χ4v) is 3.09. The zero-order valence-corrected chi connectivity index (χ0v) is 10.4. The summed E-state index contributed by atoms with van der Waals surface area (Å²) in [5, 5.41) is 21.1. The number of allylic oxidation sites excluding steroid dienone is 2. The van der Waals surface area contributed by atoms with Crippen molar-refractivity contribution >= 4 is 11.9 Å². The van der Waals surface area contributed by atoms with Crippen molar-refractivity contribution in [2.45, 2.75) is 25.8 Å². The van der Waals surface area contributed by atoms with Crippen molar-refractivity contribution in [1.29, 1.82) is 0 Å². The zero-order chi connectivity index (χ0) is 13.3. The van der Waals surface area contributed by atoms with Gasteiger partial charge < -0.3 is 15.5 Å². The molecule has 3 N–H and O–H groups in total. The highest BCUT2D eigenvalue weighted by Gasteiger charge is 2.51. The van der Waals surface area contributed by atoms with Gasteiger partial charge in [0.2, 0.25) is 5.91 Å². The molecule has 5 atom stereocenters. The molecular weight excluding hydrogens is 234 g/mol. The summed E-state index contributed by atoms with van der Waals surface area (Å²) < 4.78 is 0. The zero-order valence-electron chi connectivity index (χ0n) is 10.4. The topological polar surface area (TPSA) is 86.6 Å². The van der Waals surface area contributed by atoms with Crippen LogP contribution < -0.4 is 5.32 Å². The Morgan fingerprint density at radius 3 is 2.44 bits per heavy atom. The predicted octanol–water partition coefficient (Wildman–Crippen LogP) is 0.396. The fourth-order valence-electron chi connectivity index (χ4n) is 3.09. The monoisotopic (exact) mass is 253 g/mol. The number of aliphatic carboxylic acids is 1. The van der Waals surface area contributed by atoms with Crippen molar-refractivity contribution in [1.82, 2.24) is 5.32 Å². The van der Waals surface area contributed by atoms with E-state index in [0.717, 1.165) is 6.42 Å². The largest absolute Gasteiger partial charge is 0.481 e. The van der Waals surface area contributed by atoms with E-state index in [0.29, 0.717) is 6.42 Å². The molecule has 5 nitrogen and oxygen atoms in total. The highest BCUT2D eigenvalue weighted by molar-refractivity contribution is 5.87. The minimum absolute atomic E-state index is 0.0162. The molecule has 0 heterocycles. The van der Waals surface area contributed by atoms with Gasteiger partial charge in [-0.3, -0.25) is 9.59 Å². The van der Waals surface area contributed by atoms with Crippen LogP contribution in [0.25, 0.3) is 0 Å². The van der Waals surface area contributed by atoms with Gasteiger partial charge in [-0.1, -0.05) is 19.1 Å². The smallest absolute Gasteiger partial charge is 0.307 e. The van der Waals surface area contributed by atoms with Crippen molar-refractivity contribution in [3.8, 4) is 0 Å². The van der Waals surface area contributed by atoms with Gasteiger partial charge in [0.1, 0.15) is 0 Å². The molecule has 18 heavy (non-hydrogen) atoms. The Hall–Kier alpha value is -1.36. The van der Waals surface area contributed by atoms with Crippen LogP contribution >= 0.6 is 0 Å². The van der Waals surface area contributed by atoms with Gasteiger partial charge >= 0.3 is 5.97 Å². The number of nitrogens with one attached hydrogen (secondary N) is 1. The molecule has 100 valence electrons. The maximum atomic E-state index is 12.2. The molecule has 0 spiro atoms. The van der Waals surface area contributed by atoms with Gasteiger partial charge in [0.05, 0.1) is 24.5 Å². The predicted molar refractivity (Wildman–Crippen MR) is 64.7 cm³/mol. The van der Waals surface area contributed by atoms with Crippen molar-refractivity contribution in [3.63, 3.8) is 0 Å².